The minimum absolute atomic E-state index is 0.187. The topological polar surface area (TPSA) is 111 Å². The third-order valence-electron chi connectivity index (χ3n) is 3.17. The molecule has 0 unspecified atom stereocenters. The van der Waals surface area contributed by atoms with E-state index in [1.165, 1.54) is 12.1 Å². The number of benzene rings is 2. The molecular weight excluding hydrogens is 310 g/mol. The van der Waals surface area contributed by atoms with Crippen molar-refractivity contribution >= 4 is 23.4 Å². The minimum atomic E-state index is -0.528. The van der Waals surface area contributed by atoms with Crippen molar-refractivity contribution in [3.8, 4) is 5.75 Å². The van der Waals surface area contributed by atoms with Crippen LogP contribution in [0.25, 0.3) is 0 Å². The summed E-state index contributed by atoms with van der Waals surface area (Å²) >= 11 is 0. The normalized spacial score (nSPS) is 9.88. The average Bonchev–Trinajstić information content (AvgIpc) is 2.60. The van der Waals surface area contributed by atoms with Crippen LogP contribution in [0.4, 0.5) is 5.69 Å². The highest BCUT2D eigenvalue weighted by Gasteiger charge is 2.06. The first-order valence-corrected chi connectivity index (χ1v) is 7.14. The van der Waals surface area contributed by atoms with Gasteiger partial charge in [-0.15, -0.1) is 0 Å². The van der Waals surface area contributed by atoms with Crippen molar-refractivity contribution in [3.05, 3.63) is 59.7 Å². The van der Waals surface area contributed by atoms with Crippen LogP contribution in [0.2, 0.25) is 0 Å². The Kier molecular flexibility index (Phi) is 5.51. The van der Waals surface area contributed by atoms with Gasteiger partial charge < -0.3 is 21.1 Å². The van der Waals surface area contributed by atoms with Crippen molar-refractivity contribution in [2.24, 2.45) is 5.73 Å². The molecule has 124 valence electrons. The lowest BCUT2D eigenvalue weighted by molar-refractivity contribution is -0.118. The first-order valence-electron chi connectivity index (χ1n) is 7.14. The molecule has 0 saturated carbocycles. The molecule has 0 bridgehead atoms. The largest absolute Gasteiger partial charge is 0.484 e. The number of carbonyl (C=O) groups excluding carboxylic acids is 3. The highest BCUT2D eigenvalue weighted by atomic mass is 16.5. The summed E-state index contributed by atoms with van der Waals surface area (Å²) in [5, 5.41) is 5.17. The molecule has 0 atom stereocenters. The van der Waals surface area contributed by atoms with Crippen molar-refractivity contribution in [2.45, 2.75) is 0 Å². The van der Waals surface area contributed by atoms with Gasteiger partial charge in [0.2, 0.25) is 5.91 Å². The van der Waals surface area contributed by atoms with Crippen LogP contribution in [0.5, 0.6) is 5.75 Å². The van der Waals surface area contributed by atoms with Gasteiger partial charge >= 0.3 is 0 Å². The summed E-state index contributed by atoms with van der Waals surface area (Å²) in [6.07, 6.45) is 0. The Bertz CT molecular complexity index is 739. The number of nitrogens with two attached hydrogens (primary N) is 1. The lowest BCUT2D eigenvalue weighted by Crippen LogP contribution is -2.20. The van der Waals surface area contributed by atoms with E-state index in [0.717, 1.165) is 0 Å². The molecule has 4 N–H and O–H groups in total. The lowest BCUT2D eigenvalue weighted by atomic mass is 10.2. The van der Waals surface area contributed by atoms with Crippen molar-refractivity contribution < 1.29 is 19.1 Å². The van der Waals surface area contributed by atoms with Gasteiger partial charge in [-0.2, -0.15) is 0 Å². The van der Waals surface area contributed by atoms with Crippen LogP contribution in [0.15, 0.2) is 48.5 Å². The van der Waals surface area contributed by atoms with Gasteiger partial charge in [-0.05, 0) is 48.5 Å². The summed E-state index contributed by atoms with van der Waals surface area (Å²) in [5.41, 5.74) is 6.56. The number of nitrogens with one attached hydrogen (secondary N) is 2. The molecule has 7 nitrogen and oxygen atoms in total. The van der Waals surface area contributed by atoms with Gasteiger partial charge in [-0.1, -0.05) is 0 Å². The number of carbonyl (C=O) groups is 3. The maximum absolute atomic E-state index is 11.8. The highest BCUT2D eigenvalue weighted by Crippen LogP contribution is 2.13. The molecule has 2 aromatic carbocycles. The van der Waals surface area contributed by atoms with Crippen molar-refractivity contribution in [2.75, 3.05) is 19.0 Å². The van der Waals surface area contributed by atoms with Crippen LogP contribution in [-0.4, -0.2) is 31.4 Å². The zero-order chi connectivity index (χ0) is 17.5. The van der Waals surface area contributed by atoms with Gasteiger partial charge in [0.05, 0.1) is 0 Å². The Labute approximate surface area is 138 Å². The molecule has 24 heavy (non-hydrogen) atoms. The number of primary amides is 1. The molecule has 0 spiro atoms. The van der Waals surface area contributed by atoms with E-state index in [0.29, 0.717) is 22.6 Å². The maximum atomic E-state index is 11.8. The Hall–Kier alpha value is -3.35. The number of hydrogen-bond acceptors (Lipinski definition) is 4. The summed E-state index contributed by atoms with van der Waals surface area (Å²) in [6.45, 7) is -0.187. The Balaban J connectivity index is 1.86. The maximum Gasteiger partial charge on any atom is 0.262 e. The minimum Gasteiger partial charge on any atom is -0.484 e. The zero-order valence-corrected chi connectivity index (χ0v) is 13.0. The van der Waals surface area contributed by atoms with Crippen LogP contribution in [0.1, 0.15) is 20.7 Å². The van der Waals surface area contributed by atoms with E-state index in [2.05, 4.69) is 10.6 Å². The van der Waals surface area contributed by atoms with Crippen molar-refractivity contribution in [1.82, 2.24) is 5.32 Å². The molecule has 0 aliphatic heterocycles. The monoisotopic (exact) mass is 327 g/mol. The molecule has 7 heteroatoms. The molecule has 0 saturated heterocycles. The van der Waals surface area contributed by atoms with E-state index in [1.807, 2.05) is 0 Å². The smallest absolute Gasteiger partial charge is 0.262 e. The third kappa shape index (κ3) is 4.57. The third-order valence-corrected chi connectivity index (χ3v) is 3.17. The van der Waals surface area contributed by atoms with E-state index in [1.54, 1.807) is 43.4 Å². The summed E-state index contributed by atoms with van der Waals surface area (Å²) < 4.78 is 5.33. The van der Waals surface area contributed by atoms with Gasteiger partial charge in [-0.3, -0.25) is 14.4 Å². The molecule has 2 aromatic rings. The van der Waals surface area contributed by atoms with Gasteiger partial charge in [-0.25, -0.2) is 0 Å². The van der Waals surface area contributed by atoms with Gasteiger partial charge in [0, 0.05) is 23.9 Å². The van der Waals surface area contributed by atoms with Crippen molar-refractivity contribution in [1.29, 1.82) is 0 Å². The highest BCUT2D eigenvalue weighted by molar-refractivity contribution is 5.96. The number of ether oxygens (including phenoxy) is 1. The number of anilines is 1. The zero-order valence-electron chi connectivity index (χ0n) is 13.0. The van der Waals surface area contributed by atoms with Crippen molar-refractivity contribution in [3.63, 3.8) is 0 Å². The quantitative estimate of drug-likeness (QED) is 0.739. The van der Waals surface area contributed by atoms with Crippen LogP contribution in [0, 0.1) is 0 Å². The molecule has 3 amide bonds. The summed E-state index contributed by atoms with van der Waals surface area (Å²) in [7, 11) is 1.55. The fourth-order valence-electron chi connectivity index (χ4n) is 1.91. The Morgan fingerprint density at radius 2 is 1.54 bits per heavy atom. The second-order valence-corrected chi connectivity index (χ2v) is 4.88. The lowest BCUT2D eigenvalue weighted by Gasteiger charge is -2.08. The number of rotatable bonds is 6. The standard InChI is InChI=1S/C17H17N3O4/c1-19-17(23)12-2-6-13(7-3-12)20-15(21)10-24-14-8-4-11(5-9-14)16(18)22/h2-9H,10H2,1H3,(H2,18,22)(H,19,23)(H,20,21). The Morgan fingerprint density at radius 1 is 0.958 bits per heavy atom. The predicted octanol–water partition coefficient (Wildman–Crippen LogP) is 1.16. The van der Waals surface area contributed by atoms with E-state index in [9.17, 15) is 14.4 Å². The second kappa shape index (κ2) is 7.77. The predicted molar refractivity (Wildman–Crippen MR) is 88.9 cm³/mol. The molecule has 0 aliphatic rings. The first-order chi connectivity index (χ1) is 11.5. The second-order valence-electron chi connectivity index (χ2n) is 4.88. The van der Waals surface area contributed by atoms with Crippen LogP contribution < -0.4 is 21.1 Å². The fraction of sp³-hybridized carbons (Fsp3) is 0.118. The average molecular weight is 327 g/mol. The van der Waals surface area contributed by atoms with Crippen LogP contribution in [-0.2, 0) is 4.79 Å². The molecule has 2 rings (SSSR count). The van der Waals surface area contributed by atoms with E-state index in [-0.39, 0.29) is 18.4 Å². The van der Waals surface area contributed by atoms with Crippen LogP contribution >= 0.6 is 0 Å². The molecule has 0 aliphatic carbocycles. The number of hydrogen-bond donors (Lipinski definition) is 3. The molecule has 0 heterocycles. The van der Waals surface area contributed by atoms with Crippen LogP contribution in [0.3, 0.4) is 0 Å². The van der Waals surface area contributed by atoms with E-state index in [4.69, 9.17) is 10.5 Å². The van der Waals surface area contributed by atoms with E-state index < -0.39 is 5.91 Å². The molecule has 0 fully saturated rings. The first kappa shape index (κ1) is 17.0. The number of amides is 3. The summed E-state index contributed by atoms with van der Waals surface area (Å²) in [5.74, 6) is -0.623. The molecule has 0 aromatic heterocycles. The van der Waals surface area contributed by atoms with Gasteiger partial charge in [0.1, 0.15) is 5.75 Å². The van der Waals surface area contributed by atoms with Gasteiger partial charge in [0.15, 0.2) is 6.61 Å². The van der Waals surface area contributed by atoms with E-state index >= 15 is 0 Å². The molecule has 0 radical (unpaired) electrons. The fourth-order valence-corrected chi connectivity index (χ4v) is 1.91. The Morgan fingerprint density at radius 3 is 2.08 bits per heavy atom. The summed E-state index contributed by atoms with van der Waals surface area (Å²) in [6, 6.07) is 12.6. The molecular formula is C17H17N3O4. The SMILES string of the molecule is CNC(=O)c1ccc(NC(=O)COc2ccc(C(N)=O)cc2)cc1. The summed E-state index contributed by atoms with van der Waals surface area (Å²) in [4.78, 5) is 34.2. The van der Waals surface area contributed by atoms with Gasteiger partial charge in [0.25, 0.3) is 11.8 Å².